The van der Waals surface area contributed by atoms with Crippen LogP contribution in [0.5, 0.6) is 17.2 Å². The second-order valence-corrected chi connectivity index (χ2v) is 4.69. The van der Waals surface area contributed by atoms with Crippen LogP contribution in [-0.4, -0.2) is 14.8 Å². The second-order valence-electron chi connectivity index (χ2n) is 4.69. The van der Waals surface area contributed by atoms with Crippen LogP contribution in [0.2, 0.25) is 0 Å². The Kier molecular flexibility index (Phi) is 2.99. The van der Waals surface area contributed by atoms with Crippen molar-refractivity contribution in [2.45, 2.75) is 6.61 Å². The molecule has 0 aliphatic heterocycles. The van der Waals surface area contributed by atoms with Crippen molar-refractivity contribution in [1.82, 2.24) is 4.57 Å². The zero-order chi connectivity index (χ0) is 14.1. The number of nitrogens with zero attached hydrogens (tertiary/aromatic N) is 1. The summed E-state index contributed by atoms with van der Waals surface area (Å²) in [6.07, 6.45) is 1.92. The van der Waals surface area contributed by atoms with E-state index in [4.69, 9.17) is 4.74 Å². The molecule has 0 saturated carbocycles. The first kappa shape index (κ1) is 12.4. The van der Waals surface area contributed by atoms with E-state index in [0.29, 0.717) is 12.4 Å². The van der Waals surface area contributed by atoms with Crippen LogP contribution in [0.1, 0.15) is 5.56 Å². The number of aromatic hydroxyl groups is 2. The van der Waals surface area contributed by atoms with Crippen LogP contribution in [0.3, 0.4) is 0 Å². The van der Waals surface area contributed by atoms with Gasteiger partial charge in [-0.05, 0) is 18.2 Å². The zero-order valence-electron chi connectivity index (χ0n) is 11.1. The average Bonchev–Trinajstić information content (AvgIpc) is 2.76. The lowest BCUT2D eigenvalue weighted by Crippen LogP contribution is -1.94. The fraction of sp³-hybridized carbons (Fsp3) is 0.125. The van der Waals surface area contributed by atoms with Gasteiger partial charge in [0.1, 0.15) is 12.4 Å². The van der Waals surface area contributed by atoms with Gasteiger partial charge in [0, 0.05) is 24.2 Å². The number of phenols is 2. The molecule has 3 rings (SSSR count). The van der Waals surface area contributed by atoms with Crippen molar-refractivity contribution < 1.29 is 14.9 Å². The highest BCUT2D eigenvalue weighted by atomic mass is 16.5. The molecule has 0 aliphatic carbocycles. The van der Waals surface area contributed by atoms with Crippen molar-refractivity contribution in [2.75, 3.05) is 0 Å². The Morgan fingerprint density at radius 3 is 2.55 bits per heavy atom. The molecule has 0 aliphatic rings. The molecule has 4 nitrogen and oxygen atoms in total. The Morgan fingerprint density at radius 2 is 1.75 bits per heavy atom. The van der Waals surface area contributed by atoms with E-state index < -0.39 is 0 Å². The van der Waals surface area contributed by atoms with Gasteiger partial charge in [-0.25, -0.2) is 0 Å². The molecular weight excluding hydrogens is 254 g/mol. The number of para-hydroxylation sites is 3. The first-order valence-corrected chi connectivity index (χ1v) is 6.33. The largest absolute Gasteiger partial charge is 0.506 e. The summed E-state index contributed by atoms with van der Waals surface area (Å²) in [5, 5.41) is 20.5. The van der Waals surface area contributed by atoms with Gasteiger partial charge >= 0.3 is 0 Å². The van der Waals surface area contributed by atoms with Gasteiger partial charge in [0.25, 0.3) is 0 Å². The van der Waals surface area contributed by atoms with E-state index in [1.807, 2.05) is 29.9 Å². The summed E-state index contributed by atoms with van der Waals surface area (Å²) in [5.41, 5.74) is 1.74. The standard InChI is InChI=1S/C16H15NO3/c1-17-9-11(12-5-4-7-14(19)16(12)17)10-20-15-8-3-2-6-13(15)18/h2-9,18-19H,10H2,1H3. The Morgan fingerprint density at radius 1 is 1.00 bits per heavy atom. The highest BCUT2D eigenvalue weighted by Gasteiger charge is 2.11. The van der Waals surface area contributed by atoms with Crippen molar-refractivity contribution in [3.05, 3.63) is 54.2 Å². The predicted octanol–water partition coefficient (Wildman–Crippen LogP) is 3.17. The van der Waals surface area contributed by atoms with Crippen molar-refractivity contribution >= 4 is 10.9 Å². The van der Waals surface area contributed by atoms with Crippen LogP contribution in [0.4, 0.5) is 0 Å². The second kappa shape index (κ2) is 4.81. The topological polar surface area (TPSA) is 54.6 Å². The van der Waals surface area contributed by atoms with E-state index >= 15 is 0 Å². The number of aryl methyl sites for hydroxylation is 1. The maximum Gasteiger partial charge on any atom is 0.161 e. The number of ether oxygens (including phenoxy) is 1. The number of hydrogen-bond acceptors (Lipinski definition) is 3. The van der Waals surface area contributed by atoms with Crippen molar-refractivity contribution in [3.8, 4) is 17.2 Å². The first-order valence-electron chi connectivity index (χ1n) is 6.33. The average molecular weight is 269 g/mol. The van der Waals surface area contributed by atoms with E-state index in [1.165, 1.54) is 0 Å². The third-order valence-electron chi connectivity index (χ3n) is 3.31. The lowest BCUT2D eigenvalue weighted by molar-refractivity contribution is 0.290. The highest BCUT2D eigenvalue weighted by Crippen LogP contribution is 2.30. The van der Waals surface area contributed by atoms with Crippen LogP contribution in [0.25, 0.3) is 10.9 Å². The minimum Gasteiger partial charge on any atom is -0.506 e. The molecule has 0 spiro atoms. The van der Waals surface area contributed by atoms with Crippen LogP contribution >= 0.6 is 0 Å². The lowest BCUT2D eigenvalue weighted by Gasteiger charge is -2.06. The third kappa shape index (κ3) is 2.05. The fourth-order valence-electron chi connectivity index (χ4n) is 2.38. The van der Waals surface area contributed by atoms with Gasteiger partial charge in [0.15, 0.2) is 11.5 Å². The van der Waals surface area contributed by atoms with Gasteiger partial charge in [-0.15, -0.1) is 0 Å². The van der Waals surface area contributed by atoms with Gasteiger partial charge in [-0.2, -0.15) is 0 Å². The summed E-state index contributed by atoms with van der Waals surface area (Å²) in [7, 11) is 1.88. The molecule has 2 aromatic carbocycles. The van der Waals surface area contributed by atoms with Crippen LogP contribution in [0, 0.1) is 0 Å². The zero-order valence-corrected chi connectivity index (χ0v) is 11.1. The number of aromatic nitrogens is 1. The molecule has 0 bridgehead atoms. The Hall–Kier alpha value is -2.62. The predicted molar refractivity (Wildman–Crippen MR) is 77.0 cm³/mol. The molecule has 2 N–H and O–H groups in total. The number of benzene rings is 2. The number of fused-ring (bicyclic) bond motifs is 1. The summed E-state index contributed by atoms with van der Waals surface area (Å²) in [4.78, 5) is 0. The van der Waals surface area contributed by atoms with E-state index in [2.05, 4.69) is 0 Å². The van der Waals surface area contributed by atoms with Crippen molar-refractivity contribution in [2.24, 2.45) is 7.05 Å². The molecule has 1 aromatic heterocycles. The Balaban J connectivity index is 1.93. The summed E-state index contributed by atoms with van der Waals surface area (Å²) >= 11 is 0. The molecule has 0 saturated heterocycles. The molecule has 0 amide bonds. The molecule has 0 fully saturated rings. The van der Waals surface area contributed by atoms with E-state index in [0.717, 1.165) is 16.5 Å². The highest BCUT2D eigenvalue weighted by molar-refractivity contribution is 5.88. The fourth-order valence-corrected chi connectivity index (χ4v) is 2.38. The van der Waals surface area contributed by atoms with Crippen molar-refractivity contribution in [1.29, 1.82) is 0 Å². The van der Waals surface area contributed by atoms with E-state index in [9.17, 15) is 10.2 Å². The third-order valence-corrected chi connectivity index (χ3v) is 3.31. The van der Waals surface area contributed by atoms with Crippen molar-refractivity contribution in [3.63, 3.8) is 0 Å². The number of phenolic OH excluding ortho intramolecular Hbond substituents is 2. The molecule has 3 aromatic rings. The van der Waals surface area contributed by atoms with E-state index in [-0.39, 0.29) is 11.5 Å². The molecular formula is C16H15NO3. The number of rotatable bonds is 3. The summed E-state index contributed by atoms with van der Waals surface area (Å²) in [6.45, 7) is 0.332. The number of hydrogen-bond donors (Lipinski definition) is 2. The SMILES string of the molecule is Cn1cc(COc2ccccc2O)c2cccc(O)c21. The molecule has 102 valence electrons. The van der Waals surface area contributed by atoms with Gasteiger partial charge in [0.2, 0.25) is 0 Å². The molecule has 4 heteroatoms. The Labute approximate surface area is 116 Å². The van der Waals surface area contributed by atoms with Crippen LogP contribution in [-0.2, 0) is 13.7 Å². The summed E-state index contributed by atoms with van der Waals surface area (Å²) in [5.74, 6) is 0.819. The Bertz CT molecular complexity index is 762. The smallest absolute Gasteiger partial charge is 0.161 e. The lowest BCUT2D eigenvalue weighted by atomic mass is 10.2. The quantitative estimate of drug-likeness (QED) is 0.768. The van der Waals surface area contributed by atoms with Crippen LogP contribution < -0.4 is 4.74 Å². The van der Waals surface area contributed by atoms with Gasteiger partial charge in [-0.3, -0.25) is 0 Å². The summed E-state index contributed by atoms with van der Waals surface area (Å²) < 4.78 is 7.51. The van der Waals surface area contributed by atoms with E-state index in [1.54, 1.807) is 30.3 Å². The van der Waals surface area contributed by atoms with Gasteiger partial charge in [-0.1, -0.05) is 24.3 Å². The molecule has 20 heavy (non-hydrogen) atoms. The molecule has 0 unspecified atom stereocenters. The minimum absolute atomic E-state index is 0.121. The minimum atomic E-state index is 0.121. The molecule has 0 atom stereocenters. The van der Waals surface area contributed by atoms with Gasteiger partial charge < -0.3 is 19.5 Å². The summed E-state index contributed by atoms with van der Waals surface area (Å²) in [6, 6.07) is 12.3. The molecule has 0 radical (unpaired) electrons. The monoisotopic (exact) mass is 269 g/mol. The van der Waals surface area contributed by atoms with Crippen LogP contribution in [0.15, 0.2) is 48.7 Å². The maximum absolute atomic E-state index is 9.89. The maximum atomic E-state index is 9.89. The first-order chi connectivity index (χ1) is 9.66. The van der Waals surface area contributed by atoms with Gasteiger partial charge in [0.05, 0.1) is 5.52 Å². The molecule has 1 heterocycles. The normalized spacial score (nSPS) is 10.8.